The summed E-state index contributed by atoms with van der Waals surface area (Å²) in [5.41, 5.74) is -0.120. The Balaban J connectivity index is 1.93. The fourth-order valence-electron chi connectivity index (χ4n) is 2.92. The number of hydrogen-bond acceptors (Lipinski definition) is 4. The van der Waals surface area contributed by atoms with Crippen molar-refractivity contribution >= 4 is 17.8 Å². The molecule has 0 aliphatic carbocycles. The lowest BCUT2D eigenvalue weighted by atomic mass is 10.1. The van der Waals surface area contributed by atoms with E-state index in [9.17, 15) is 31.9 Å². The molecule has 0 bridgehead atoms. The van der Waals surface area contributed by atoms with E-state index >= 15 is 0 Å². The topological polar surface area (TPSA) is 75.7 Å². The molecule has 0 atom stereocenters. The first kappa shape index (κ1) is 25.8. The summed E-state index contributed by atoms with van der Waals surface area (Å²) < 4.78 is 56.1. The van der Waals surface area contributed by atoms with E-state index in [0.29, 0.717) is 5.56 Å². The quantitative estimate of drug-likeness (QED) is 0.326. The molecule has 1 N–H and O–H groups in total. The van der Waals surface area contributed by atoms with Crippen molar-refractivity contribution in [1.29, 1.82) is 0 Å². The van der Waals surface area contributed by atoms with Gasteiger partial charge in [0.05, 0.1) is 12.2 Å². The Hall–Kier alpha value is -3.43. The van der Waals surface area contributed by atoms with E-state index in [1.165, 1.54) is 29.2 Å². The number of esters is 1. The summed E-state index contributed by atoms with van der Waals surface area (Å²) >= 11 is 0. The number of hydrogen-bond donors (Lipinski definition) is 1. The van der Waals surface area contributed by atoms with Crippen LogP contribution in [0.15, 0.2) is 48.5 Å². The molecule has 178 valence electrons. The highest BCUT2D eigenvalue weighted by atomic mass is 19.4. The lowest BCUT2D eigenvalue weighted by Crippen LogP contribution is -2.36. The molecule has 0 aliphatic heterocycles. The van der Waals surface area contributed by atoms with E-state index in [0.717, 1.165) is 24.3 Å². The molecular formula is C23H24F4N2O4. The van der Waals surface area contributed by atoms with Crippen LogP contribution in [0, 0.1) is 5.82 Å². The van der Waals surface area contributed by atoms with E-state index in [1.54, 1.807) is 6.92 Å². The number of alkyl halides is 3. The molecule has 0 radical (unpaired) electrons. The molecule has 0 unspecified atom stereocenters. The third-order valence-electron chi connectivity index (χ3n) is 4.59. The van der Waals surface area contributed by atoms with E-state index < -0.39 is 35.3 Å². The minimum Gasteiger partial charge on any atom is -0.465 e. The van der Waals surface area contributed by atoms with Crippen molar-refractivity contribution in [2.75, 3.05) is 19.7 Å². The number of benzene rings is 2. The average Bonchev–Trinajstić information content (AvgIpc) is 2.76. The molecule has 2 amide bonds. The molecule has 0 aliphatic rings. The zero-order chi connectivity index (χ0) is 24.4. The van der Waals surface area contributed by atoms with Gasteiger partial charge >= 0.3 is 12.1 Å². The Morgan fingerprint density at radius 2 is 1.64 bits per heavy atom. The second-order valence-electron chi connectivity index (χ2n) is 7.12. The number of rotatable bonds is 10. The van der Waals surface area contributed by atoms with Gasteiger partial charge in [-0.05, 0) is 55.3 Å². The van der Waals surface area contributed by atoms with Crippen LogP contribution in [0.2, 0.25) is 0 Å². The molecule has 33 heavy (non-hydrogen) atoms. The minimum absolute atomic E-state index is 0.0102. The zero-order valence-corrected chi connectivity index (χ0v) is 18.0. The van der Waals surface area contributed by atoms with Crippen LogP contribution in [-0.4, -0.2) is 42.4 Å². The largest absolute Gasteiger partial charge is 0.465 e. The van der Waals surface area contributed by atoms with Gasteiger partial charge in [0.25, 0.3) is 5.91 Å². The van der Waals surface area contributed by atoms with Crippen molar-refractivity contribution in [3.63, 3.8) is 0 Å². The summed E-state index contributed by atoms with van der Waals surface area (Å²) in [6.07, 6.45) is -4.22. The van der Waals surface area contributed by atoms with Crippen LogP contribution < -0.4 is 5.32 Å². The Morgan fingerprint density at radius 3 is 2.21 bits per heavy atom. The summed E-state index contributed by atoms with van der Waals surface area (Å²) in [5, 5.41) is 2.61. The van der Waals surface area contributed by atoms with Crippen molar-refractivity contribution in [1.82, 2.24) is 10.2 Å². The SMILES string of the molecule is CCOC(=O)CN(Cc1ccc(C(F)(F)F)cc1)C(=O)CCCNC(=O)c1ccc(F)cc1. The molecule has 2 rings (SSSR count). The number of halogens is 4. The van der Waals surface area contributed by atoms with E-state index in [1.807, 2.05) is 0 Å². The number of carbonyl (C=O) groups is 3. The van der Waals surface area contributed by atoms with Gasteiger partial charge in [0.15, 0.2) is 0 Å². The van der Waals surface area contributed by atoms with Crippen LogP contribution in [0.5, 0.6) is 0 Å². The number of amides is 2. The number of ether oxygens (including phenoxy) is 1. The van der Waals surface area contributed by atoms with Crippen molar-refractivity contribution in [2.45, 2.75) is 32.5 Å². The molecule has 0 spiro atoms. The fraction of sp³-hybridized carbons (Fsp3) is 0.348. The van der Waals surface area contributed by atoms with Crippen LogP contribution in [0.3, 0.4) is 0 Å². The molecule has 0 heterocycles. The summed E-state index contributed by atoms with van der Waals surface area (Å²) in [4.78, 5) is 37.8. The van der Waals surface area contributed by atoms with Crippen LogP contribution in [0.4, 0.5) is 17.6 Å². The first-order valence-electron chi connectivity index (χ1n) is 10.2. The number of nitrogens with one attached hydrogen (secondary N) is 1. The predicted molar refractivity (Wildman–Crippen MR) is 111 cm³/mol. The maximum Gasteiger partial charge on any atom is 0.416 e. The molecule has 6 nitrogen and oxygen atoms in total. The van der Waals surface area contributed by atoms with Gasteiger partial charge in [-0.1, -0.05) is 12.1 Å². The summed E-state index contributed by atoms with van der Waals surface area (Å²) in [6, 6.07) is 9.30. The highest BCUT2D eigenvalue weighted by molar-refractivity contribution is 5.94. The first-order valence-corrected chi connectivity index (χ1v) is 10.2. The third kappa shape index (κ3) is 8.55. The standard InChI is InChI=1S/C23H24F4N2O4/c1-2-33-21(31)15-29(14-16-5-9-18(10-6-16)23(25,26)27)20(30)4-3-13-28-22(32)17-7-11-19(24)12-8-17/h5-12H,2-4,13-15H2,1H3,(H,28,32). The Labute approximate surface area is 188 Å². The molecule has 0 saturated carbocycles. The second-order valence-corrected chi connectivity index (χ2v) is 7.12. The van der Waals surface area contributed by atoms with Gasteiger partial charge in [-0.25, -0.2) is 4.39 Å². The van der Waals surface area contributed by atoms with E-state index in [2.05, 4.69) is 5.32 Å². The maximum absolute atomic E-state index is 12.9. The highest BCUT2D eigenvalue weighted by Gasteiger charge is 2.30. The normalized spacial score (nSPS) is 11.1. The molecule has 2 aromatic carbocycles. The number of carbonyl (C=O) groups excluding carboxylic acids is 3. The van der Waals surface area contributed by atoms with Gasteiger partial charge in [0, 0.05) is 25.1 Å². The fourth-order valence-corrected chi connectivity index (χ4v) is 2.92. The summed E-state index contributed by atoms with van der Waals surface area (Å²) in [6.45, 7) is 1.48. The zero-order valence-electron chi connectivity index (χ0n) is 18.0. The van der Waals surface area contributed by atoms with Crippen LogP contribution in [0.25, 0.3) is 0 Å². The lowest BCUT2D eigenvalue weighted by molar-refractivity contribution is -0.149. The smallest absolute Gasteiger partial charge is 0.416 e. The molecule has 2 aromatic rings. The Kier molecular flexibility index (Phi) is 9.38. The molecule has 0 saturated heterocycles. The van der Waals surface area contributed by atoms with Crippen molar-refractivity contribution in [3.05, 3.63) is 71.0 Å². The first-order chi connectivity index (χ1) is 15.6. The van der Waals surface area contributed by atoms with Crippen molar-refractivity contribution in [2.24, 2.45) is 0 Å². The van der Waals surface area contributed by atoms with E-state index in [4.69, 9.17) is 4.74 Å². The monoisotopic (exact) mass is 468 g/mol. The van der Waals surface area contributed by atoms with Gasteiger partial charge in [-0.2, -0.15) is 13.2 Å². The number of nitrogens with zero attached hydrogens (tertiary/aromatic N) is 1. The van der Waals surface area contributed by atoms with E-state index in [-0.39, 0.29) is 44.6 Å². The van der Waals surface area contributed by atoms with Crippen LogP contribution in [-0.2, 0) is 27.0 Å². The molecule has 0 aromatic heterocycles. The van der Waals surface area contributed by atoms with Crippen molar-refractivity contribution in [3.8, 4) is 0 Å². The van der Waals surface area contributed by atoms with Gasteiger partial charge in [0.2, 0.25) is 5.91 Å². The maximum atomic E-state index is 12.9. The summed E-state index contributed by atoms with van der Waals surface area (Å²) in [7, 11) is 0. The van der Waals surface area contributed by atoms with Gasteiger partial charge in [-0.15, -0.1) is 0 Å². The predicted octanol–water partition coefficient (Wildman–Crippen LogP) is 3.95. The van der Waals surface area contributed by atoms with Gasteiger partial charge in [0.1, 0.15) is 12.4 Å². The van der Waals surface area contributed by atoms with Crippen LogP contribution in [0.1, 0.15) is 41.3 Å². The second kappa shape index (κ2) is 12.0. The third-order valence-corrected chi connectivity index (χ3v) is 4.59. The summed E-state index contributed by atoms with van der Waals surface area (Å²) in [5.74, 6) is -1.94. The average molecular weight is 468 g/mol. The Morgan fingerprint density at radius 1 is 1.00 bits per heavy atom. The minimum atomic E-state index is -4.47. The van der Waals surface area contributed by atoms with Gasteiger partial charge < -0.3 is 15.0 Å². The Bertz CT molecular complexity index is 944. The van der Waals surface area contributed by atoms with Crippen LogP contribution >= 0.6 is 0 Å². The molecule has 10 heteroatoms. The molecule has 0 fully saturated rings. The van der Waals surface area contributed by atoms with Gasteiger partial charge in [-0.3, -0.25) is 14.4 Å². The highest BCUT2D eigenvalue weighted by Crippen LogP contribution is 2.29. The lowest BCUT2D eigenvalue weighted by Gasteiger charge is -2.22. The van der Waals surface area contributed by atoms with Crippen molar-refractivity contribution < 1.29 is 36.7 Å². The molecular weight excluding hydrogens is 444 g/mol.